The third-order valence-electron chi connectivity index (χ3n) is 2.85. The normalized spacial score (nSPS) is 34.9. The van der Waals surface area contributed by atoms with Crippen molar-refractivity contribution < 1.29 is 9.31 Å². The molecule has 72 valence electrons. The van der Waals surface area contributed by atoms with Gasteiger partial charge in [-0.3, -0.25) is 0 Å². The molecule has 2 rings (SSSR count). The van der Waals surface area contributed by atoms with Crippen molar-refractivity contribution in [2.45, 2.75) is 39.2 Å². The number of allylic oxidation sites excluding steroid dienone is 2. The monoisotopic (exact) mass is 180 g/mol. The van der Waals surface area contributed by atoms with Gasteiger partial charge in [0.25, 0.3) is 0 Å². The van der Waals surface area contributed by atoms with Gasteiger partial charge in [-0.1, -0.05) is 13.0 Å². The molecule has 0 N–H and O–H groups in total. The molecular weight excluding hydrogens is 163 g/mol. The van der Waals surface area contributed by atoms with Crippen molar-refractivity contribution in [2.75, 3.05) is 6.61 Å². The van der Waals surface area contributed by atoms with E-state index in [0.29, 0.717) is 0 Å². The van der Waals surface area contributed by atoms with Gasteiger partial charge in [0, 0.05) is 0 Å². The van der Waals surface area contributed by atoms with Crippen LogP contribution in [0.2, 0.25) is 0 Å². The van der Waals surface area contributed by atoms with E-state index in [-0.39, 0.29) is 13.2 Å². The third kappa shape index (κ3) is 2.15. The summed E-state index contributed by atoms with van der Waals surface area (Å²) in [5.41, 5.74) is 1.36. The van der Waals surface area contributed by atoms with Crippen LogP contribution in [0.3, 0.4) is 0 Å². The first-order valence-electron chi connectivity index (χ1n) is 5.21. The number of rotatable bonds is 1. The van der Waals surface area contributed by atoms with Crippen LogP contribution in [0.25, 0.3) is 0 Å². The molecule has 1 aliphatic carbocycles. The van der Waals surface area contributed by atoms with Crippen molar-refractivity contribution in [1.82, 2.24) is 0 Å². The fourth-order valence-electron chi connectivity index (χ4n) is 1.91. The molecule has 13 heavy (non-hydrogen) atoms. The van der Waals surface area contributed by atoms with E-state index >= 15 is 0 Å². The largest absolute Gasteiger partial charge is 0.489 e. The van der Waals surface area contributed by atoms with E-state index in [2.05, 4.69) is 19.9 Å². The van der Waals surface area contributed by atoms with E-state index in [1.54, 1.807) is 0 Å². The highest BCUT2D eigenvalue weighted by atomic mass is 16.6. The highest BCUT2D eigenvalue weighted by molar-refractivity contribution is 6.54. The molecule has 3 heteroatoms. The highest BCUT2D eigenvalue weighted by Gasteiger charge is 2.33. The fourth-order valence-corrected chi connectivity index (χ4v) is 1.91. The summed E-state index contributed by atoms with van der Waals surface area (Å²) in [7, 11) is -0.0255. The zero-order chi connectivity index (χ0) is 9.26. The average Bonchev–Trinajstić information content (AvgIpc) is 2.53. The van der Waals surface area contributed by atoms with Crippen LogP contribution in [0.4, 0.5) is 0 Å². The van der Waals surface area contributed by atoms with Crippen molar-refractivity contribution in [3.8, 4) is 0 Å². The molecule has 0 spiro atoms. The minimum Gasteiger partial charge on any atom is -0.405 e. The van der Waals surface area contributed by atoms with Crippen LogP contribution in [0.1, 0.15) is 33.1 Å². The predicted molar refractivity (Wildman–Crippen MR) is 53.4 cm³/mol. The van der Waals surface area contributed by atoms with Crippen molar-refractivity contribution in [3.63, 3.8) is 0 Å². The van der Waals surface area contributed by atoms with Gasteiger partial charge >= 0.3 is 7.12 Å². The topological polar surface area (TPSA) is 18.5 Å². The molecule has 1 unspecified atom stereocenters. The highest BCUT2D eigenvalue weighted by Crippen LogP contribution is 2.27. The van der Waals surface area contributed by atoms with Gasteiger partial charge in [0.05, 0.1) is 12.7 Å². The summed E-state index contributed by atoms with van der Waals surface area (Å²) in [6.07, 6.45) is 6.19. The Labute approximate surface area is 80.4 Å². The summed E-state index contributed by atoms with van der Waals surface area (Å²) < 4.78 is 11.2. The lowest BCUT2D eigenvalue weighted by atomic mass is 9.71. The first-order valence-corrected chi connectivity index (χ1v) is 5.21. The van der Waals surface area contributed by atoms with E-state index in [0.717, 1.165) is 18.9 Å². The molecule has 0 amide bonds. The SMILES string of the molecule is CC1CC=C(B2OC[C@H](C)O2)CC1. The lowest BCUT2D eigenvalue weighted by Crippen LogP contribution is -2.21. The summed E-state index contributed by atoms with van der Waals surface area (Å²) in [5.74, 6) is 0.836. The average molecular weight is 180 g/mol. The molecule has 1 saturated heterocycles. The predicted octanol–water partition coefficient (Wildman–Crippen LogP) is 2.20. The standard InChI is InChI=1S/C10H17BO2/c1-8-3-5-10(6-4-8)11-12-7-9(2)13-11/h5,8-9H,3-4,6-7H2,1-2H3/t8?,9-/m0/s1. The minimum atomic E-state index is -0.0255. The van der Waals surface area contributed by atoms with E-state index in [1.807, 2.05) is 0 Å². The maximum atomic E-state index is 5.65. The molecule has 1 fully saturated rings. The van der Waals surface area contributed by atoms with Crippen LogP contribution in [0.5, 0.6) is 0 Å². The maximum Gasteiger partial charge on any atom is 0.489 e. The van der Waals surface area contributed by atoms with Crippen LogP contribution < -0.4 is 0 Å². The van der Waals surface area contributed by atoms with E-state index < -0.39 is 0 Å². The van der Waals surface area contributed by atoms with Crippen molar-refractivity contribution in [3.05, 3.63) is 11.5 Å². The van der Waals surface area contributed by atoms with Gasteiger partial charge in [0.1, 0.15) is 0 Å². The van der Waals surface area contributed by atoms with Crippen LogP contribution in [0, 0.1) is 5.92 Å². The smallest absolute Gasteiger partial charge is 0.405 e. The lowest BCUT2D eigenvalue weighted by Gasteiger charge is -2.19. The summed E-state index contributed by atoms with van der Waals surface area (Å²) in [4.78, 5) is 0. The third-order valence-corrected chi connectivity index (χ3v) is 2.85. The zero-order valence-corrected chi connectivity index (χ0v) is 8.45. The summed E-state index contributed by atoms with van der Waals surface area (Å²) in [5, 5.41) is 0. The van der Waals surface area contributed by atoms with E-state index in [4.69, 9.17) is 9.31 Å². The Morgan fingerprint density at radius 3 is 2.85 bits per heavy atom. The minimum absolute atomic E-state index is 0.0255. The van der Waals surface area contributed by atoms with Gasteiger partial charge in [0.15, 0.2) is 0 Å². The molecule has 1 aliphatic heterocycles. The van der Waals surface area contributed by atoms with Gasteiger partial charge in [-0.2, -0.15) is 0 Å². The van der Waals surface area contributed by atoms with E-state index in [9.17, 15) is 0 Å². The van der Waals surface area contributed by atoms with Gasteiger partial charge in [-0.25, -0.2) is 0 Å². The quantitative estimate of drug-likeness (QED) is 0.576. The Morgan fingerprint density at radius 2 is 2.31 bits per heavy atom. The second-order valence-corrected chi connectivity index (χ2v) is 4.27. The second-order valence-electron chi connectivity index (χ2n) is 4.27. The van der Waals surface area contributed by atoms with E-state index in [1.165, 1.54) is 18.3 Å². The van der Waals surface area contributed by atoms with Crippen molar-refractivity contribution in [1.29, 1.82) is 0 Å². The second kappa shape index (κ2) is 3.85. The van der Waals surface area contributed by atoms with Crippen molar-refractivity contribution >= 4 is 7.12 Å². The summed E-state index contributed by atoms with van der Waals surface area (Å²) >= 11 is 0. The Kier molecular flexibility index (Phi) is 2.75. The van der Waals surface area contributed by atoms with Crippen LogP contribution in [-0.2, 0) is 9.31 Å². The van der Waals surface area contributed by atoms with Gasteiger partial charge in [0.2, 0.25) is 0 Å². The van der Waals surface area contributed by atoms with Gasteiger partial charge in [-0.05, 0) is 37.6 Å². The first kappa shape index (κ1) is 9.29. The Hall–Kier alpha value is -0.275. The maximum absolute atomic E-state index is 5.65. The summed E-state index contributed by atoms with van der Waals surface area (Å²) in [6, 6.07) is 0. The molecule has 0 aromatic carbocycles. The molecular formula is C10H17BO2. The number of hydrogen-bond donors (Lipinski definition) is 0. The fraction of sp³-hybridized carbons (Fsp3) is 0.800. The molecule has 0 saturated carbocycles. The molecule has 0 aromatic rings. The molecule has 0 bridgehead atoms. The molecule has 2 aliphatic rings. The zero-order valence-electron chi connectivity index (χ0n) is 8.45. The lowest BCUT2D eigenvalue weighted by molar-refractivity contribution is 0.257. The van der Waals surface area contributed by atoms with Crippen molar-refractivity contribution in [2.24, 2.45) is 5.92 Å². The molecule has 0 radical (unpaired) electrons. The Balaban J connectivity index is 1.94. The molecule has 2 nitrogen and oxygen atoms in total. The van der Waals surface area contributed by atoms with Gasteiger partial charge < -0.3 is 9.31 Å². The Bertz CT molecular complexity index is 215. The summed E-state index contributed by atoms with van der Waals surface area (Å²) in [6.45, 7) is 5.11. The molecule has 1 heterocycles. The van der Waals surface area contributed by atoms with Crippen LogP contribution in [-0.4, -0.2) is 19.8 Å². The first-order chi connectivity index (χ1) is 6.25. The molecule has 2 atom stereocenters. The molecule has 0 aromatic heterocycles. The van der Waals surface area contributed by atoms with Gasteiger partial charge in [-0.15, -0.1) is 0 Å². The van der Waals surface area contributed by atoms with Crippen LogP contribution >= 0.6 is 0 Å². The van der Waals surface area contributed by atoms with Crippen LogP contribution in [0.15, 0.2) is 11.5 Å². The Morgan fingerprint density at radius 1 is 1.46 bits per heavy atom. The number of hydrogen-bond acceptors (Lipinski definition) is 2.